The summed E-state index contributed by atoms with van der Waals surface area (Å²) in [5.74, 6) is -1.08. The molecule has 0 aliphatic heterocycles. The molecule has 0 radical (unpaired) electrons. The third-order valence-corrected chi connectivity index (χ3v) is 5.61. The Balaban J connectivity index is 2.47. The summed E-state index contributed by atoms with van der Waals surface area (Å²) in [6.07, 6.45) is 6.50. The molecule has 1 aliphatic rings. The second kappa shape index (κ2) is 6.88. The van der Waals surface area contributed by atoms with Crippen LogP contribution in [0.25, 0.3) is 0 Å². The largest absolute Gasteiger partial charge is 0.384 e. The molecule has 130 valence electrons. The van der Waals surface area contributed by atoms with Gasteiger partial charge in [0.1, 0.15) is 11.6 Å². The van der Waals surface area contributed by atoms with Crippen LogP contribution in [0.4, 0.5) is 8.78 Å². The molecule has 1 N–H and O–H groups in total. The molecule has 0 spiro atoms. The van der Waals surface area contributed by atoms with Crippen molar-refractivity contribution in [2.75, 3.05) is 0 Å². The van der Waals surface area contributed by atoms with Gasteiger partial charge < -0.3 is 5.11 Å². The van der Waals surface area contributed by atoms with Gasteiger partial charge in [-0.1, -0.05) is 53.4 Å². The molecule has 23 heavy (non-hydrogen) atoms. The van der Waals surface area contributed by atoms with E-state index in [1.54, 1.807) is 0 Å². The lowest BCUT2D eigenvalue weighted by atomic mass is 9.65. The number of benzene rings is 1. The standard InChI is InChI=1S/C20H30F2O/c1-5-7-8-10-14(9-6-2)20(23)17-11-15(21)12-18(22)16(17)13-19(20,3)4/h11-12,14,23H,5-10,13H2,1-4H3. The molecule has 1 nitrogen and oxygen atoms in total. The highest BCUT2D eigenvalue weighted by atomic mass is 19.1. The maximum Gasteiger partial charge on any atom is 0.129 e. The third kappa shape index (κ3) is 3.17. The maximum atomic E-state index is 14.2. The fourth-order valence-electron chi connectivity index (χ4n) is 4.39. The van der Waals surface area contributed by atoms with Gasteiger partial charge in [-0.15, -0.1) is 0 Å². The Morgan fingerprint density at radius 1 is 1.09 bits per heavy atom. The molecule has 0 heterocycles. The first kappa shape index (κ1) is 18.4. The molecular formula is C20H30F2O. The Hall–Kier alpha value is -0.960. The van der Waals surface area contributed by atoms with Crippen molar-refractivity contribution < 1.29 is 13.9 Å². The highest BCUT2D eigenvalue weighted by molar-refractivity contribution is 5.42. The normalized spacial score (nSPS) is 23.8. The number of halogens is 2. The highest BCUT2D eigenvalue weighted by Gasteiger charge is 2.55. The van der Waals surface area contributed by atoms with Gasteiger partial charge in [-0.3, -0.25) is 0 Å². The van der Waals surface area contributed by atoms with Crippen molar-refractivity contribution in [1.82, 2.24) is 0 Å². The first-order chi connectivity index (χ1) is 10.8. The average molecular weight is 324 g/mol. The van der Waals surface area contributed by atoms with E-state index in [1.165, 1.54) is 6.07 Å². The number of unbranched alkanes of at least 4 members (excludes halogenated alkanes) is 2. The van der Waals surface area contributed by atoms with Crippen molar-refractivity contribution in [3.05, 3.63) is 34.9 Å². The van der Waals surface area contributed by atoms with Gasteiger partial charge in [0.25, 0.3) is 0 Å². The van der Waals surface area contributed by atoms with Crippen LogP contribution in [0.2, 0.25) is 0 Å². The molecule has 1 aromatic rings. The van der Waals surface area contributed by atoms with Crippen LogP contribution in [0.3, 0.4) is 0 Å². The highest BCUT2D eigenvalue weighted by Crippen LogP contribution is 2.56. The van der Waals surface area contributed by atoms with Crippen LogP contribution < -0.4 is 0 Å². The molecule has 1 aliphatic carbocycles. The van der Waals surface area contributed by atoms with E-state index in [1.807, 2.05) is 13.8 Å². The molecule has 0 aromatic heterocycles. The first-order valence-electron chi connectivity index (χ1n) is 8.98. The van der Waals surface area contributed by atoms with Crippen molar-refractivity contribution >= 4 is 0 Å². The van der Waals surface area contributed by atoms with Crippen molar-refractivity contribution in [2.45, 2.75) is 78.2 Å². The summed E-state index contributed by atoms with van der Waals surface area (Å²) in [4.78, 5) is 0. The summed E-state index contributed by atoms with van der Waals surface area (Å²) in [5, 5.41) is 11.7. The van der Waals surface area contributed by atoms with Crippen molar-refractivity contribution in [1.29, 1.82) is 0 Å². The predicted molar refractivity (Wildman–Crippen MR) is 90.3 cm³/mol. The van der Waals surface area contributed by atoms with E-state index in [4.69, 9.17) is 0 Å². The quantitative estimate of drug-likeness (QED) is 0.635. The smallest absolute Gasteiger partial charge is 0.129 e. The Labute approximate surface area is 139 Å². The third-order valence-electron chi connectivity index (χ3n) is 5.61. The van der Waals surface area contributed by atoms with E-state index in [9.17, 15) is 13.9 Å². The molecular weight excluding hydrogens is 294 g/mol. The Bertz CT molecular complexity index is 553. The van der Waals surface area contributed by atoms with Gasteiger partial charge in [0, 0.05) is 11.5 Å². The van der Waals surface area contributed by atoms with E-state index in [0.717, 1.165) is 44.6 Å². The first-order valence-corrected chi connectivity index (χ1v) is 8.98. The molecule has 2 atom stereocenters. The molecule has 0 fully saturated rings. The second-order valence-corrected chi connectivity index (χ2v) is 7.72. The Kier molecular flexibility index (Phi) is 5.50. The van der Waals surface area contributed by atoms with Crippen LogP contribution >= 0.6 is 0 Å². The summed E-state index contributed by atoms with van der Waals surface area (Å²) in [6, 6.07) is 2.29. The Morgan fingerprint density at radius 3 is 2.39 bits per heavy atom. The minimum Gasteiger partial charge on any atom is -0.384 e. The average Bonchev–Trinajstić information content (AvgIpc) is 2.68. The van der Waals surface area contributed by atoms with Gasteiger partial charge in [0.15, 0.2) is 0 Å². The van der Waals surface area contributed by atoms with Crippen LogP contribution in [-0.4, -0.2) is 5.11 Å². The molecule has 2 rings (SSSR count). The van der Waals surface area contributed by atoms with E-state index in [2.05, 4.69) is 13.8 Å². The lowest BCUT2D eigenvalue weighted by molar-refractivity contribution is -0.113. The van der Waals surface area contributed by atoms with Crippen LogP contribution in [0.15, 0.2) is 12.1 Å². The molecule has 0 amide bonds. The van der Waals surface area contributed by atoms with Gasteiger partial charge in [0.05, 0.1) is 5.60 Å². The van der Waals surface area contributed by atoms with E-state index in [0.29, 0.717) is 17.5 Å². The van der Waals surface area contributed by atoms with E-state index < -0.39 is 22.7 Å². The SMILES string of the molecule is CCCCCC(CCC)C1(O)c2cc(F)cc(F)c2CC1(C)C. The number of aliphatic hydroxyl groups is 1. The summed E-state index contributed by atoms with van der Waals surface area (Å²) >= 11 is 0. The summed E-state index contributed by atoms with van der Waals surface area (Å²) in [5.41, 5.74) is -0.671. The van der Waals surface area contributed by atoms with E-state index in [-0.39, 0.29) is 5.92 Å². The minimum atomic E-state index is -1.16. The number of hydrogen-bond acceptors (Lipinski definition) is 1. The fraction of sp³-hybridized carbons (Fsp3) is 0.700. The summed E-state index contributed by atoms with van der Waals surface area (Å²) in [7, 11) is 0. The summed E-state index contributed by atoms with van der Waals surface area (Å²) < 4.78 is 28.1. The monoisotopic (exact) mass is 324 g/mol. The Morgan fingerprint density at radius 2 is 1.78 bits per heavy atom. The van der Waals surface area contributed by atoms with Crippen LogP contribution in [0, 0.1) is 23.0 Å². The molecule has 0 bridgehead atoms. The topological polar surface area (TPSA) is 20.2 Å². The van der Waals surface area contributed by atoms with Crippen LogP contribution in [-0.2, 0) is 12.0 Å². The van der Waals surface area contributed by atoms with Gasteiger partial charge in [-0.2, -0.15) is 0 Å². The number of hydrogen-bond donors (Lipinski definition) is 1. The lowest BCUT2D eigenvalue weighted by Crippen LogP contribution is -2.45. The van der Waals surface area contributed by atoms with Crippen LogP contribution in [0.5, 0.6) is 0 Å². The van der Waals surface area contributed by atoms with Crippen molar-refractivity contribution in [2.24, 2.45) is 11.3 Å². The van der Waals surface area contributed by atoms with Gasteiger partial charge in [-0.05, 0) is 42.4 Å². The number of rotatable bonds is 7. The zero-order valence-electron chi connectivity index (χ0n) is 14.9. The number of fused-ring (bicyclic) bond motifs is 1. The molecule has 2 unspecified atom stereocenters. The maximum absolute atomic E-state index is 14.2. The molecule has 0 saturated carbocycles. The fourth-order valence-corrected chi connectivity index (χ4v) is 4.39. The summed E-state index contributed by atoms with van der Waals surface area (Å²) in [6.45, 7) is 8.22. The van der Waals surface area contributed by atoms with Crippen molar-refractivity contribution in [3.63, 3.8) is 0 Å². The zero-order valence-corrected chi connectivity index (χ0v) is 14.9. The molecule has 0 saturated heterocycles. The van der Waals surface area contributed by atoms with Gasteiger partial charge in [0.2, 0.25) is 0 Å². The van der Waals surface area contributed by atoms with Gasteiger partial charge >= 0.3 is 0 Å². The van der Waals surface area contributed by atoms with Crippen LogP contribution in [0.1, 0.15) is 77.3 Å². The van der Waals surface area contributed by atoms with E-state index >= 15 is 0 Å². The molecule has 1 aromatic carbocycles. The second-order valence-electron chi connectivity index (χ2n) is 7.72. The van der Waals surface area contributed by atoms with Gasteiger partial charge in [-0.25, -0.2) is 8.78 Å². The molecule has 3 heteroatoms. The minimum absolute atomic E-state index is 0.0384. The zero-order chi connectivity index (χ0) is 17.3. The van der Waals surface area contributed by atoms with Crippen molar-refractivity contribution in [3.8, 4) is 0 Å². The lowest BCUT2D eigenvalue weighted by Gasteiger charge is -2.44. The predicted octanol–water partition coefficient (Wildman–Crippen LogP) is 5.73.